The number of hydrogen-bond acceptors (Lipinski definition) is 5. The van der Waals surface area contributed by atoms with Crippen LogP contribution in [-0.4, -0.2) is 94.9 Å². The number of rotatable bonds is 7. The van der Waals surface area contributed by atoms with Gasteiger partial charge in [0.25, 0.3) is 0 Å². The number of nitrogens with zero attached hydrogens (tertiary/aromatic N) is 4. The van der Waals surface area contributed by atoms with Crippen LogP contribution in [0.2, 0.25) is 0 Å². The summed E-state index contributed by atoms with van der Waals surface area (Å²) in [5.41, 5.74) is 2.86. The molecule has 0 aliphatic carbocycles. The Hall–Kier alpha value is -2.63. The lowest BCUT2D eigenvalue weighted by molar-refractivity contribution is -0.143. The number of phenolic OH excluding ortho intramolecular Hbond substituents is 1. The number of para-hydroxylation sites is 1. The van der Waals surface area contributed by atoms with Gasteiger partial charge in [-0.2, -0.15) is 0 Å². The van der Waals surface area contributed by atoms with Crippen molar-refractivity contribution in [1.29, 1.82) is 0 Å². The zero-order valence-corrected chi connectivity index (χ0v) is 29.8. The normalized spacial score (nSPS) is 21.2. The van der Waals surface area contributed by atoms with Gasteiger partial charge in [-0.3, -0.25) is 9.59 Å². The average molecular weight is 760 g/mol. The van der Waals surface area contributed by atoms with E-state index in [4.69, 9.17) is 0 Å². The standard InChI is InChI=1S/C35H45Br2N5O4/c1-39-12-6-24(7-13-39)25-8-14-41(15-9-25)34(45)27(18-23-19-29(36)33(44)30(37)20-23)21-32(43)40-16-10-28(11-17-40)42-22-26-4-2-3-5-31(26)38-35(42)46/h2-5,19-20,24-25,27-28,44H,6-18,21-22H2,1H3,(H,38,46)/t27-/m1/s1. The van der Waals surface area contributed by atoms with Crippen molar-refractivity contribution in [1.82, 2.24) is 19.6 Å². The number of anilines is 1. The lowest BCUT2D eigenvalue weighted by Gasteiger charge is -2.41. The average Bonchev–Trinajstić information content (AvgIpc) is 3.06. The van der Waals surface area contributed by atoms with Crippen LogP contribution in [0.1, 0.15) is 56.1 Å². The summed E-state index contributed by atoms with van der Waals surface area (Å²) in [6.45, 7) is 5.50. The summed E-state index contributed by atoms with van der Waals surface area (Å²) in [6.07, 6.45) is 6.52. The van der Waals surface area contributed by atoms with Crippen LogP contribution < -0.4 is 5.32 Å². The van der Waals surface area contributed by atoms with E-state index in [1.54, 1.807) is 0 Å². The van der Waals surface area contributed by atoms with E-state index in [-0.39, 0.29) is 36.1 Å². The fraction of sp³-hybridized carbons (Fsp3) is 0.571. The zero-order valence-electron chi connectivity index (χ0n) is 26.6. The first-order chi connectivity index (χ1) is 22.2. The summed E-state index contributed by atoms with van der Waals surface area (Å²) < 4.78 is 1.11. The molecule has 0 spiro atoms. The van der Waals surface area contributed by atoms with Crippen molar-refractivity contribution in [2.45, 2.75) is 64.0 Å². The summed E-state index contributed by atoms with van der Waals surface area (Å²) in [5.74, 6) is 1.08. The number of phenols is 1. The summed E-state index contributed by atoms with van der Waals surface area (Å²) in [6, 6.07) is 11.5. The Bertz CT molecular complexity index is 1410. The minimum atomic E-state index is -0.488. The maximum Gasteiger partial charge on any atom is 0.322 e. The maximum atomic E-state index is 14.1. The number of nitrogens with one attached hydrogen (secondary N) is 1. The highest BCUT2D eigenvalue weighted by atomic mass is 79.9. The highest BCUT2D eigenvalue weighted by Gasteiger charge is 2.36. The monoisotopic (exact) mass is 757 g/mol. The molecule has 9 nitrogen and oxygen atoms in total. The molecule has 0 saturated carbocycles. The zero-order chi connectivity index (χ0) is 32.4. The maximum absolute atomic E-state index is 14.1. The van der Waals surface area contributed by atoms with Gasteiger partial charge in [-0.05, 0) is 138 Å². The van der Waals surface area contributed by atoms with Crippen LogP contribution in [0.4, 0.5) is 10.5 Å². The van der Waals surface area contributed by atoms with Crippen molar-refractivity contribution in [2.24, 2.45) is 17.8 Å². The van der Waals surface area contributed by atoms with Crippen molar-refractivity contribution < 1.29 is 19.5 Å². The molecule has 4 heterocycles. The first-order valence-electron chi connectivity index (χ1n) is 16.7. The Kier molecular flexibility index (Phi) is 10.6. The summed E-state index contributed by atoms with van der Waals surface area (Å²) in [5, 5.41) is 13.3. The van der Waals surface area contributed by atoms with Crippen LogP contribution >= 0.6 is 31.9 Å². The van der Waals surface area contributed by atoms with Crippen LogP contribution in [0.15, 0.2) is 45.3 Å². The van der Waals surface area contributed by atoms with E-state index in [0.717, 1.165) is 61.8 Å². The molecule has 248 valence electrons. The van der Waals surface area contributed by atoms with Crippen LogP contribution in [0.3, 0.4) is 0 Å². The van der Waals surface area contributed by atoms with E-state index in [2.05, 4.69) is 49.1 Å². The lowest BCUT2D eigenvalue weighted by Crippen LogP contribution is -2.51. The molecule has 4 aliphatic heterocycles. The number of carbonyl (C=O) groups is 3. The Labute approximate surface area is 288 Å². The number of aromatic hydroxyl groups is 1. The molecule has 4 aliphatic rings. The van der Waals surface area contributed by atoms with E-state index < -0.39 is 5.92 Å². The van der Waals surface area contributed by atoms with Gasteiger partial charge in [0.15, 0.2) is 0 Å². The smallest absolute Gasteiger partial charge is 0.322 e. The van der Waals surface area contributed by atoms with Gasteiger partial charge in [-0.1, -0.05) is 18.2 Å². The minimum absolute atomic E-state index is 0.0108. The first-order valence-corrected chi connectivity index (χ1v) is 18.3. The molecule has 3 saturated heterocycles. The second kappa shape index (κ2) is 14.6. The van der Waals surface area contributed by atoms with Crippen molar-refractivity contribution in [3.05, 3.63) is 56.5 Å². The van der Waals surface area contributed by atoms with Gasteiger partial charge < -0.3 is 30.0 Å². The molecule has 4 amide bonds. The van der Waals surface area contributed by atoms with E-state index in [9.17, 15) is 19.5 Å². The van der Waals surface area contributed by atoms with Crippen LogP contribution in [-0.2, 0) is 22.6 Å². The van der Waals surface area contributed by atoms with Crippen LogP contribution in [0, 0.1) is 17.8 Å². The molecule has 2 aromatic rings. The van der Waals surface area contributed by atoms with Crippen LogP contribution in [0.25, 0.3) is 0 Å². The fourth-order valence-corrected chi connectivity index (χ4v) is 9.18. The second-order valence-corrected chi connectivity index (χ2v) is 15.4. The fourth-order valence-electron chi connectivity index (χ4n) is 7.90. The van der Waals surface area contributed by atoms with E-state index >= 15 is 0 Å². The number of halogens is 2. The van der Waals surface area contributed by atoms with Crippen molar-refractivity contribution in [3.8, 4) is 5.75 Å². The predicted octanol–water partition coefficient (Wildman–Crippen LogP) is 6.09. The lowest BCUT2D eigenvalue weighted by atomic mass is 9.78. The SMILES string of the molecule is CN1CCC(C2CCN(C(=O)[C@@H](CC(=O)N3CCC(N4Cc5ccccc5NC4=O)CC3)Cc3cc(Br)c(O)c(Br)c3)CC2)CC1. The summed E-state index contributed by atoms with van der Waals surface area (Å²) in [4.78, 5) is 48.9. The summed E-state index contributed by atoms with van der Waals surface area (Å²) >= 11 is 6.86. The Morgan fingerprint density at radius 1 is 0.891 bits per heavy atom. The van der Waals surface area contributed by atoms with Crippen molar-refractivity contribution >= 4 is 55.4 Å². The quantitative estimate of drug-likeness (QED) is 0.357. The molecule has 0 bridgehead atoms. The third-order valence-electron chi connectivity index (χ3n) is 10.7. The molecule has 3 fully saturated rings. The van der Waals surface area contributed by atoms with Gasteiger partial charge >= 0.3 is 6.03 Å². The number of fused-ring (bicyclic) bond motifs is 1. The molecule has 0 aromatic heterocycles. The molecule has 11 heteroatoms. The largest absolute Gasteiger partial charge is 0.506 e. The van der Waals surface area contributed by atoms with E-state index in [0.29, 0.717) is 53.8 Å². The Balaban J connectivity index is 1.09. The molecular weight excluding hydrogens is 714 g/mol. The number of hydrogen-bond donors (Lipinski definition) is 2. The minimum Gasteiger partial charge on any atom is -0.506 e. The molecule has 0 unspecified atom stereocenters. The third-order valence-corrected chi connectivity index (χ3v) is 11.9. The molecule has 0 radical (unpaired) electrons. The molecule has 6 rings (SSSR count). The molecule has 2 N–H and O–H groups in total. The first kappa shape index (κ1) is 33.3. The number of amides is 4. The van der Waals surface area contributed by atoms with Crippen LogP contribution in [0.5, 0.6) is 5.75 Å². The van der Waals surface area contributed by atoms with Crippen molar-refractivity contribution in [3.63, 3.8) is 0 Å². The Morgan fingerprint density at radius 3 is 2.13 bits per heavy atom. The van der Waals surface area contributed by atoms with Gasteiger partial charge in [0.05, 0.1) is 14.9 Å². The van der Waals surface area contributed by atoms with Gasteiger partial charge in [0.1, 0.15) is 5.75 Å². The van der Waals surface area contributed by atoms with Gasteiger partial charge in [-0.25, -0.2) is 4.79 Å². The topological polar surface area (TPSA) is 96.4 Å². The number of benzene rings is 2. The van der Waals surface area contributed by atoms with Gasteiger partial charge in [-0.15, -0.1) is 0 Å². The summed E-state index contributed by atoms with van der Waals surface area (Å²) in [7, 11) is 2.19. The Morgan fingerprint density at radius 2 is 1.48 bits per heavy atom. The highest BCUT2D eigenvalue weighted by Crippen LogP contribution is 2.36. The van der Waals surface area contributed by atoms with Crippen molar-refractivity contribution in [2.75, 3.05) is 51.6 Å². The predicted molar refractivity (Wildman–Crippen MR) is 185 cm³/mol. The highest BCUT2D eigenvalue weighted by molar-refractivity contribution is 9.11. The molecule has 1 atom stereocenters. The number of piperidine rings is 3. The van der Waals surface area contributed by atoms with E-state index in [1.165, 1.54) is 12.8 Å². The molecule has 2 aromatic carbocycles. The number of likely N-dealkylation sites (tertiary alicyclic amines) is 3. The number of urea groups is 1. The molecule has 46 heavy (non-hydrogen) atoms. The second-order valence-electron chi connectivity index (χ2n) is 13.6. The molecular formula is C35H45Br2N5O4. The van der Waals surface area contributed by atoms with Gasteiger partial charge in [0.2, 0.25) is 11.8 Å². The van der Waals surface area contributed by atoms with E-state index in [1.807, 2.05) is 51.1 Å². The van der Waals surface area contributed by atoms with Gasteiger partial charge in [0, 0.05) is 50.9 Å². The number of carbonyl (C=O) groups excluding carboxylic acids is 3. The third kappa shape index (κ3) is 7.57.